The quantitative estimate of drug-likeness (QED) is 0.248. The molecule has 0 radical (unpaired) electrons. The number of hydrogen-bond donors (Lipinski definition) is 1. The third kappa shape index (κ3) is 7.32. The molecule has 2 aromatic carbocycles. The van der Waals surface area contributed by atoms with Crippen molar-refractivity contribution in [3.63, 3.8) is 0 Å². The highest BCUT2D eigenvalue weighted by atomic mass is 79.9. The number of nitrogens with zero attached hydrogens (tertiary/aromatic N) is 3. The zero-order chi connectivity index (χ0) is 28.9. The summed E-state index contributed by atoms with van der Waals surface area (Å²) in [6, 6.07) is 13.0. The molecule has 214 valence electrons. The van der Waals surface area contributed by atoms with Gasteiger partial charge in [0.1, 0.15) is 18.8 Å². The van der Waals surface area contributed by atoms with Gasteiger partial charge in [-0.05, 0) is 58.2 Å². The summed E-state index contributed by atoms with van der Waals surface area (Å²) in [6.07, 6.45) is 0.399. The largest absolute Gasteiger partial charge is 0.465 e. The molecule has 1 fully saturated rings. The Morgan fingerprint density at radius 1 is 1.05 bits per heavy atom. The summed E-state index contributed by atoms with van der Waals surface area (Å²) in [7, 11) is 0. The van der Waals surface area contributed by atoms with Gasteiger partial charge in [-0.1, -0.05) is 46.3 Å². The number of fused-ring (bicyclic) bond motifs is 1. The molecule has 4 rings (SSSR count). The van der Waals surface area contributed by atoms with Crippen molar-refractivity contribution < 1.29 is 28.6 Å². The Labute approximate surface area is 242 Å². The van der Waals surface area contributed by atoms with Gasteiger partial charge >= 0.3 is 18.2 Å². The number of anilines is 1. The molecule has 0 spiro atoms. The Balaban J connectivity index is 1.60. The van der Waals surface area contributed by atoms with Gasteiger partial charge in [-0.2, -0.15) is 5.10 Å². The second kappa shape index (κ2) is 12.7. The van der Waals surface area contributed by atoms with Crippen LogP contribution in [-0.2, 0) is 32.2 Å². The lowest BCUT2D eigenvalue weighted by atomic mass is 9.91. The maximum absolute atomic E-state index is 12.7. The molecule has 1 aliphatic heterocycles. The van der Waals surface area contributed by atoms with Gasteiger partial charge in [-0.25, -0.2) is 9.59 Å². The third-order valence-electron chi connectivity index (χ3n) is 6.44. The van der Waals surface area contributed by atoms with Crippen LogP contribution in [0.5, 0.6) is 0 Å². The molecule has 3 aromatic rings. The average Bonchev–Trinajstić information content (AvgIpc) is 3.29. The topological polar surface area (TPSA) is 112 Å². The first-order chi connectivity index (χ1) is 19.1. The molecule has 0 bridgehead atoms. The van der Waals surface area contributed by atoms with Crippen molar-refractivity contribution in [2.45, 2.75) is 65.2 Å². The molecule has 1 aromatic heterocycles. The number of halogens is 1. The lowest BCUT2D eigenvalue weighted by molar-refractivity contribution is -0.143. The van der Waals surface area contributed by atoms with E-state index >= 15 is 0 Å². The zero-order valence-electron chi connectivity index (χ0n) is 23.2. The number of likely N-dealkylation sites (tertiary alicyclic amines) is 1. The van der Waals surface area contributed by atoms with E-state index in [1.54, 1.807) is 22.6 Å². The van der Waals surface area contributed by atoms with Gasteiger partial charge in [-0.15, -0.1) is 0 Å². The molecule has 0 unspecified atom stereocenters. The van der Waals surface area contributed by atoms with Gasteiger partial charge in [0.25, 0.3) is 0 Å². The Morgan fingerprint density at radius 2 is 1.75 bits per heavy atom. The van der Waals surface area contributed by atoms with Crippen LogP contribution in [0.3, 0.4) is 0 Å². The molecule has 1 aliphatic rings. The minimum Gasteiger partial charge on any atom is -0.465 e. The highest BCUT2D eigenvalue weighted by Crippen LogP contribution is 2.39. The fourth-order valence-corrected chi connectivity index (χ4v) is 5.19. The van der Waals surface area contributed by atoms with Gasteiger partial charge in [0.05, 0.1) is 23.5 Å². The van der Waals surface area contributed by atoms with E-state index in [0.29, 0.717) is 37.1 Å². The SMILES string of the molecule is CCOC(=O)Cn1nc(C2CCN(C(=O)OC(C)(C)C)CC2)c2c(Br)ccc(NC(=O)OCc3ccccc3)c21. The van der Waals surface area contributed by atoms with E-state index in [9.17, 15) is 14.4 Å². The summed E-state index contributed by atoms with van der Waals surface area (Å²) >= 11 is 3.66. The molecule has 11 heteroatoms. The number of nitrogens with one attached hydrogen (secondary N) is 1. The second-order valence-corrected chi connectivity index (χ2v) is 11.4. The lowest BCUT2D eigenvalue weighted by Crippen LogP contribution is -2.41. The molecule has 2 heterocycles. The van der Waals surface area contributed by atoms with Crippen LogP contribution >= 0.6 is 15.9 Å². The van der Waals surface area contributed by atoms with E-state index in [-0.39, 0.29) is 31.8 Å². The van der Waals surface area contributed by atoms with Crippen molar-refractivity contribution >= 4 is 50.7 Å². The number of aromatic nitrogens is 2. The molecular formula is C29H35BrN4O6. The van der Waals surface area contributed by atoms with Gasteiger partial charge in [-0.3, -0.25) is 14.8 Å². The number of esters is 1. The van der Waals surface area contributed by atoms with Crippen molar-refractivity contribution in [3.05, 3.63) is 58.2 Å². The number of benzene rings is 2. The van der Waals surface area contributed by atoms with Crippen molar-refractivity contribution in [3.8, 4) is 0 Å². The first-order valence-electron chi connectivity index (χ1n) is 13.4. The highest BCUT2D eigenvalue weighted by molar-refractivity contribution is 9.10. The number of carbonyl (C=O) groups is 3. The Hall–Kier alpha value is -3.60. The van der Waals surface area contributed by atoms with Crippen LogP contribution in [-0.4, -0.2) is 58.1 Å². The predicted molar refractivity (Wildman–Crippen MR) is 154 cm³/mol. The highest BCUT2D eigenvalue weighted by Gasteiger charge is 2.31. The van der Waals surface area contributed by atoms with Crippen molar-refractivity contribution in [1.82, 2.24) is 14.7 Å². The van der Waals surface area contributed by atoms with Crippen LogP contribution in [0, 0.1) is 0 Å². The summed E-state index contributed by atoms with van der Waals surface area (Å²) in [6.45, 7) is 8.58. The van der Waals surface area contributed by atoms with Gasteiger partial charge < -0.3 is 19.1 Å². The monoisotopic (exact) mass is 614 g/mol. The number of amides is 2. The van der Waals surface area contributed by atoms with Crippen LogP contribution < -0.4 is 5.32 Å². The predicted octanol–water partition coefficient (Wildman–Crippen LogP) is 6.23. The first kappa shape index (κ1) is 29.4. The molecule has 1 saturated heterocycles. The Bertz CT molecular complexity index is 1360. The molecule has 1 N–H and O–H groups in total. The van der Waals surface area contributed by atoms with Crippen LogP contribution in [0.1, 0.15) is 57.7 Å². The number of piperidine rings is 1. The summed E-state index contributed by atoms with van der Waals surface area (Å²) in [4.78, 5) is 39.5. The summed E-state index contributed by atoms with van der Waals surface area (Å²) in [5.74, 6) is -0.406. The summed E-state index contributed by atoms with van der Waals surface area (Å²) < 4.78 is 18.5. The zero-order valence-corrected chi connectivity index (χ0v) is 24.8. The van der Waals surface area contributed by atoms with Crippen LogP contribution in [0.25, 0.3) is 10.9 Å². The number of ether oxygens (including phenoxy) is 3. The minimum atomic E-state index is -0.622. The van der Waals surface area contributed by atoms with Gasteiger partial charge in [0.2, 0.25) is 0 Å². The maximum atomic E-state index is 12.7. The number of rotatable bonds is 7. The van der Waals surface area contributed by atoms with Crippen molar-refractivity contribution in [2.24, 2.45) is 0 Å². The molecular weight excluding hydrogens is 580 g/mol. The Morgan fingerprint density at radius 3 is 2.40 bits per heavy atom. The molecule has 10 nitrogen and oxygen atoms in total. The second-order valence-electron chi connectivity index (χ2n) is 10.6. The normalized spacial score (nSPS) is 14.2. The lowest BCUT2D eigenvalue weighted by Gasteiger charge is -2.33. The average molecular weight is 616 g/mol. The van der Waals surface area contributed by atoms with E-state index < -0.39 is 17.7 Å². The minimum absolute atomic E-state index is 0.0289. The standard InChI is InChI=1S/C29H35BrN4O6/c1-5-38-23(35)17-34-26-22(31-27(36)39-18-19-9-7-6-8-10-19)12-11-21(30)24(26)25(32-34)20-13-15-33(16-14-20)28(37)40-29(2,3)4/h6-12,20H,5,13-18H2,1-4H3,(H,31,36). The number of carbonyl (C=O) groups excluding carboxylic acids is 3. The summed E-state index contributed by atoms with van der Waals surface area (Å²) in [5, 5.41) is 8.46. The summed E-state index contributed by atoms with van der Waals surface area (Å²) in [5.41, 5.74) is 2.14. The molecule has 40 heavy (non-hydrogen) atoms. The molecule has 0 atom stereocenters. The smallest absolute Gasteiger partial charge is 0.412 e. The molecule has 0 saturated carbocycles. The van der Waals surface area contributed by atoms with Crippen molar-refractivity contribution in [1.29, 1.82) is 0 Å². The molecule has 2 amide bonds. The Kier molecular flexibility index (Phi) is 9.34. The van der Waals surface area contributed by atoms with Crippen molar-refractivity contribution in [2.75, 3.05) is 25.0 Å². The van der Waals surface area contributed by atoms with Gasteiger partial charge in [0.15, 0.2) is 0 Å². The van der Waals surface area contributed by atoms with Crippen LogP contribution in [0.2, 0.25) is 0 Å². The molecule has 0 aliphatic carbocycles. The van der Waals surface area contributed by atoms with Crippen LogP contribution in [0.15, 0.2) is 46.9 Å². The van der Waals surface area contributed by atoms with Crippen LogP contribution in [0.4, 0.5) is 15.3 Å². The van der Waals surface area contributed by atoms with E-state index in [2.05, 4.69) is 21.2 Å². The van der Waals surface area contributed by atoms with Gasteiger partial charge in [0, 0.05) is 28.9 Å². The number of hydrogen-bond acceptors (Lipinski definition) is 7. The maximum Gasteiger partial charge on any atom is 0.412 e. The van der Waals surface area contributed by atoms with E-state index in [1.807, 2.05) is 57.2 Å². The fourth-order valence-electron chi connectivity index (χ4n) is 4.67. The third-order valence-corrected chi connectivity index (χ3v) is 7.10. The first-order valence-corrected chi connectivity index (χ1v) is 14.1. The fraction of sp³-hybridized carbons (Fsp3) is 0.448. The van der Waals surface area contributed by atoms with E-state index in [1.165, 1.54) is 0 Å². The van der Waals surface area contributed by atoms with E-state index in [4.69, 9.17) is 19.3 Å². The van der Waals surface area contributed by atoms with E-state index in [0.717, 1.165) is 21.1 Å².